The number of nitrogens with zero attached hydrogens (tertiary/aromatic N) is 1. The largest absolute Gasteiger partial charge is 0.478 e. The van der Waals surface area contributed by atoms with Crippen LogP contribution in [0.1, 0.15) is 83.5 Å². The maximum Gasteiger partial charge on any atom is 0.338 e. The van der Waals surface area contributed by atoms with Crippen molar-refractivity contribution in [1.29, 1.82) is 0 Å². The smallest absolute Gasteiger partial charge is 0.338 e. The van der Waals surface area contributed by atoms with Crippen LogP contribution >= 0.6 is 11.8 Å². The van der Waals surface area contributed by atoms with E-state index in [4.69, 9.17) is 14.7 Å². The van der Waals surface area contributed by atoms with Gasteiger partial charge in [-0.2, -0.15) is 0 Å². The topological polar surface area (TPSA) is 167 Å². The third-order valence-corrected chi connectivity index (χ3v) is 9.52. The molecule has 5 N–H and O–H groups in total. The van der Waals surface area contributed by atoms with Gasteiger partial charge in [-0.05, 0) is 58.9 Å². The number of aliphatic hydroxyl groups excluding tert-OH is 1. The summed E-state index contributed by atoms with van der Waals surface area (Å²) in [6, 6.07) is 26.7. The molecule has 2 heterocycles. The van der Waals surface area contributed by atoms with E-state index in [1.165, 1.54) is 11.8 Å². The van der Waals surface area contributed by atoms with Crippen LogP contribution in [0, 0.1) is 0 Å². The summed E-state index contributed by atoms with van der Waals surface area (Å²) < 4.78 is 12.9. The molecule has 0 radical (unpaired) electrons. The Bertz CT molecular complexity index is 1740. The molecule has 0 bridgehead atoms. The van der Waals surface area contributed by atoms with Gasteiger partial charge in [0.15, 0.2) is 6.29 Å². The molecule has 1 fully saturated rings. The lowest BCUT2D eigenvalue weighted by Gasteiger charge is -2.36. The summed E-state index contributed by atoms with van der Waals surface area (Å²) >= 11 is 1.34. The molecule has 0 spiro atoms. The van der Waals surface area contributed by atoms with E-state index in [1.54, 1.807) is 23.8 Å². The maximum atomic E-state index is 12.3. The molecule has 0 unspecified atom stereocenters. The fourth-order valence-electron chi connectivity index (χ4n) is 5.65. The number of amides is 2. The molecule has 262 valence electrons. The fourth-order valence-corrected chi connectivity index (χ4v) is 6.65. The Labute approximate surface area is 295 Å². The minimum atomic E-state index is -1.03. The molecule has 3 aromatic carbocycles. The number of benzene rings is 3. The van der Waals surface area contributed by atoms with Gasteiger partial charge in [0.2, 0.25) is 11.8 Å². The van der Waals surface area contributed by atoms with Crippen molar-refractivity contribution in [2.24, 2.45) is 0 Å². The molecule has 0 saturated carbocycles. The highest BCUT2D eigenvalue weighted by molar-refractivity contribution is 7.99. The minimum Gasteiger partial charge on any atom is -0.478 e. The molecule has 1 saturated heterocycles. The van der Waals surface area contributed by atoms with Crippen molar-refractivity contribution >= 4 is 29.5 Å². The lowest BCUT2D eigenvalue weighted by molar-refractivity contribution is -0.245. The minimum absolute atomic E-state index is 0.0484. The van der Waals surface area contributed by atoms with Crippen LogP contribution < -0.4 is 10.8 Å². The summed E-state index contributed by atoms with van der Waals surface area (Å²) in [6.45, 7) is 0.348. The Kier molecular flexibility index (Phi) is 13.5. The number of aliphatic hydroxyl groups is 1. The predicted molar refractivity (Wildman–Crippen MR) is 187 cm³/mol. The maximum absolute atomic E-state index is 12.3. The number of carbonyl (C=O) groups is 3. The molecule has 5 rings (SSSR count). The zero-order valence-corrected chi connectivity index (χ0v) is 28.3. The summed E-state index contributed by atoms with van der Waals surface area (Å²) in [6.07, 6.45) is 3.53. The van der Waals surface area contributed by atoms with E-state index >= 15 is 0 Å². The Balaban J connectivity index is 1.23. The van der Waals surface area contributed by atoms with E-state index in [0.29, 0.717) is 43.0 Å². The third-order valence-electron chi connectivity index (χ3n) is 8.39. The fraction of sp³-hybridized carbons (Fsp3) is 0.316. The number of hydrogen-bond donors (Lipinski definition) is 5. The van der Waals surface area contributed by atoms with Crippen molar-refractivity contribution in [3.63, 3.8) is 0 Å². The Morgan fingerprint density at radius 3 is 2.28 bits per heavy atom. The van der Waals surface area contributed by atoms with E-state index in [9.17, 15) is 24.6 Å². The quantitative estimate of drug-likeness (QED) is 0.0385. The second-order valence-electron chi connectivity index (χ2n) is 12.0. The van der Waals surface area contributed by atoms with Gasteiger partial charge in [0.25, 0.3) is 0 Å². The van der Waals surface area contributed by atoms with Gasteiger partial charge in [-0.15, -0.1) is 11.8 Å². The number of hydroxylamine groups is 1. The number of ether oxygens (including phenoxy) is 2. The molecular formula is C38H41N3O8S. The van der Waals surface area contributed by atoms with E-state index in [0.717, 1.165) is 39.8 Å². The van der Waals surface area contributed by atoms with Crippen LogP contribution in [0.3, 0.4) is 0 Å². The second kappa shape index (κ2) is 18.4. The van der Waals surface area contributed by atoms with Crippen molar-refractivity contribution in [2.75, 3.05) is 5.75 Å². The molecule has 4 aromatic rings. The van der Waals surface area contributed by atoms with Crippen LogP contribution in [-0.4, -0.2) is 50.0 Å². The number of hydrogen-bond acceptors (Lipinski definition) is 9. The van der Waals surface area contributed by atoms with E-state index in [2.05, 4.69) is 10.3 Å². The Hall–Kier alpha value is -4.59. The third kappa shape index (κ3) is 10.5. The van der Waals surface area contributed by atoms with Gasteiger partial charge in [-0.25, -0.2) is 15.3 Å². The zero-order chi connectivity index (χ0) is 35.3. The number of carboxylic acid groups (broad SMARTS) is 1. The lowest BCUT2D eigenvalue weighted by atomic mass is 9.99. The van der Waals surface area contributed by atoms with Crippen LogP contribution in [0.4, 0.5) is 0 Å². The molecule has 12 heteroatoms. The van der Waals surface area contributed by atoms with E-state index in [1.807, 2.05) is 72.8 Å². The molecule has 0 aliphatic carbocycles. The Morgan fingerprint density at radius 2 is 1.56 bits per heavy atom. The molecular weight excluding hydrogens is 658 g/mol. The van der Waals surface area contributed by atoms with Crippen LogP contribution in [0.15, 0.2) is 96.2 Å². The van der Waals surface area contributed by atoms with E-state index in [-0.39, 0.29) is 36.7 Å². The van der Waals surface area contributed by atoms with Crippen LogP contribution in [0.2, 0.25) is 0 Å². The number of nitrogens with one attached hydrogen (secondary N) is 2. The van der Waals surface area contributed by atoms with Gasteiger partial charge in [-0.1, -0.05) is 73.2 Å². The summed E-state index contributed by atoms with van der Waals surface area (Å²) in [5.41, 5.74) is 7.32. The van der Waals surface area contributed by atoms with Gasteiger partial charge in [0.05, 0.1) is 24.4 Å². The summed E-state index contributed by atoms with van der Waals surface area (Å²) in [7, 11) is 0. The van der Waals surface area contributed by atoms with Crippen LogP contribution in [0.25, 0.3) is 11.1 Å². The normalized spacial score (nSPS) is 17.2. The highest BCUT2D eigenvalue weighted by atomic mass is 32.2. The van der Waals surface area contributed by atoms with Crippen LogP contribution in [0.5, 0.6) is 0 Å². The van der Waals surface area contributed by atoms with Crippen molar-refractivity contribution in [2.45, 2.75) is 75.2 Å². The predicted octanol–water partition coefficient (Wildman–Crippen LogP) is 6.35. The van der Waals surface area contributed by atoms with Gasteiger partial charge in [-0.3, -0.25) is 14.8 Å². The monoisotopic (exact) mass is 699 g/mol. The molecule has 2 amide bonds. The van der Waals surface area contributed by atoms with E-state index < -0.39 is 18.2 Å². The van der Waals surface area contributed by atoms with Crippen LogP contribution in [-0.2, 0) is 32.2 Å². The van der Waals surface area contributed by atoms with Gasteiger partial charge >= 0.3 is 5.97 Å². The molecule has 1 aliphatic heterocycles. The lowest BCUT2D eigenvalue weighted by Crippen LogP contribution is -2.31. The number of rotatable bonds is 16. The first-order valence-corrected chi connectivity index (χ1v) is 17.5. The summed E-state index contributed by atoms with van der Waals surface area (Å²) in [4.78, 5) is 39.4. The SMILES string of the molecule is O=C(CCCCCC(=O)NCc1cccc(-c2ccc([C@@H]3O[C@H](CSc4ncccc4C(=O)O)C[C@H](c4ccc(CO)cc4)O3)cc2)c1)NO. The zero-order valence-electron chi connectivity index (χ0n) is 27.5. The summed E-state index contributed by atoms with van der Waals surface area (Å²) in [5, 5.41) is 31.1. The second-order valence-corrected chi connectivity index (χ2v) is 13.0. The van der Waals surface area contributed by atoms with Crippen molar-refractivity contribution in [3.05, 3.63) is 119 Å². The number of aromatic carboxylic acids is 1. The van der Waals surface area contributed by atoms with Crippen molar-refractivity contribution < 1.29 is 39.3 Å². The number of carbonyl (C=O) groups excluding carboxylic acids is 2. The number of pyridine rings is 1. The average molecular weight is 700 g/mol. The number of unbranched alkanes of at least 4 members (excludes halogenated alkanes) is 2. The molecule has 11 nitrogen and oxygen atoms in total. The number of carboxylic acids is 1. The van der Waals surface area contributed by atoms with Crippen molar-refractivity contribution in [1.82, 2.24) is 15.8 Å². The molecule has 1 aliphatic rings. The van der Waals surface area contributed by atoms with Gasteiger partial charge < -0.3 is 25.0 Å². The van der Waals surface area contributed by atoms with Gasteiger partial charge in [0.1, 0.15) is 5.03 Å². The Morgan fingerprint density at radius 1 is 0.820 bits per heavy atom. The highest BCUT2D eigenvalue weighted by Crippen LogP contribution is 2.40. The first-order chi connectivity index (χ1) is 24.3. The number of aromatic nitrogens is 1. The first kappa shape index (κ1) is 36.7. The highest BCUT2D eigenvalue weighted by Gasteiger charge is 2.32. The van der Waals surface area contributed by atoms with Crippen molar-refractivity contribution in [3.8, 4) is 11.1 Å². The molecule has 3 atom stereocenters. The number of thioether (sulfide) groups is 1. The van der Waals surface area contributed by atoms with Gasteiger partial charge in [0, 0.05) is 43.3 Å². The average Bonchev–Trinajstić information content (AvgIpc) is 3.16. The molecule has 1 aromatic heterocycles. The first-order valence-electron chi connectivity index (χ1n) is 16.5. The molecule has 50 heavy (non-hydrogen) atoms. The summed E-state index contributed by atoms with van der Waals surface area (Å²) in [5.74, 6) is -1.03. The standard InChI is InChI=1S/C38H41N3O8S/c42-23-25-11-13-28(14-12-25)33-21-31(24-50-36-32(37(45)46)8-5-19-39-36)48-38(49-33)29-17-15-27(16-18-29)30-7-4-6-26(20-30)22-40-34(43)9-2-1-3-10-35(44)41-47/h4-8,11-20,31,33,38,42,47H,1-3,9-10,21-24H2,(H,40,43)(H,41,44)(H,45,46)/t31-,33+,38+/m0/s1.